The Hall–Kier alpha value is -0.730. The van der Waals surface area contributed by atoms with Gasteiger partial charge in [0.15, 0.2) is 0 Å². The molecule has 1 aromatic rings. The third-order valence-electron chi connectivity index (χ3n) is 3.09. The first kappa shape index (κ1) is 15.3. The maximum atomic E-state index is 6.30. The van der Waals surface area contributed by atoms with Crippen molar-refractivity contribution < 1.29 is 4.74 Å². The summed E-state index contributed by atoms with van der Waals surface area (Å²) in [6.07, 6.45) is 3.06. The molecule has 0 aromatic heterocycles. The van der Waals surface area contributed by atoms with E-state index in [0.717, 1.165) is 31.6 Å². The first-order chi connectivity index (χ1) is 8.40. The van der Waals surface area contributed by atoms with Crippen molar-refractivity contribution in [2.24, 2.45) is 5.73 Å². The van der Waals surface area contributed by atoms with Crippen molar-refractivity contribution in [3.63, 3.8) is 0 Å². The monoisotopic (exact) mass is 269 g/mol. The number of aryl methyl sites for hydroxylation is 1. The average Bonchev–Trinajstić information content (AvgIpc) is 2.27. The zero-order valence-corrected chi connectivity index (χ0v) is 12.6. The minimum atomic E-state index is 0.0958. The number of rotatable bonds is 5. The average molecular weight is 270 g/mol. The van der Waals surface area contributed by atoms with E-state index >= 15 is 0 Å². The number of halogens is 1. The summed E-state index contributed by atoms with van der Waals surface area (Å²) < 4.78 is 5.41. The van der Waals surface area contributed by atoms with Gasteiger partial charge in [-0.15, -0.1) is 0 Å². The molecule has 0 spiro atoms. The fourth-order valence-electron chi connectivity index (χ4n) is 1.96. The normalized spacial score (nSPS) is 11.7. The lowest BCUT2D eigenvalue weighted by atomic mass is 9.85. The van der Waals surface area contributed by atoms with E-state index in [-0.39, 0.29) is 5.41 Å². The minimum Gasteiger partial charge on any atom is -0.495 e. The van der Waals surface area contributed by atoms with Gasteiger partial charge in [0.05, 0.1) is 12.1 Å². The smallest absolute Gasteiger partial charge is 0.140 e. The van der Waals surface area contributed by atoms with E-state index in [1.54, 1.807) is 7.11 Å². The summed E-state index contributed by atoms with van der Waals surface area (Å²) in [5.41, 5.74) is 8.06. The van der Waals surface area contributed by atoms with Gasteiger partial charge in [-0.05, 0) is 48.4 Å². The molecule has 0 aliphatic rings. The second-order valence-corrected chi connectivity index (χ2v) is 6.05. The van der Waals surface area contributed by atoms with E-state index in [0.29, 0.717) is 5.02 Å². The van der Waals surface area contributed by atoms with Crippen molar-refractivity contribution in [1.29, 1.82) is 0 Å². The van der Waals surface area contributed by atoms with E-state index < -0.39 is 0 Å². The van der Waals surface area contributed by atoms with Gasteiger partial charge in [-0.25, -0.2) is 0 Å². The van der Waals surface area contributed by atoms with Crippen LogP contribution in [-0.4, -0.2) is 13.7 Å². The first-order valence-electron chi connectivity index (χ1n) is 6.47. The Morgan fingerprint density at radius 2 is 1.89 bits per heavy atom. The fourth-order valence-corrected chi connectivity index (χ4v) is 2.27. The second kappa shape index (κ2) is 6.44. The standard InChI is InChI=1S/C15H24ClNO/c1-15(2,3)12-9-11(7-5-6-8-17)14(18-4)13(16)10-12/h9-10H,5-8,17H2,1-4H3. The van der Waals surface area contributed by atoms with Crippen LogP contribution in [0, 0.1) is 0 Å². The number of benzene rings is 1. The van der Waals surface area contributed by atoms with Crippen molar-refractivity contribution in [2.75, 3.05) is 13.7 Å². The van der Waals surface area contributed by atoms with Gasteiger partial charge in [0.25, 0.3) is 0 Å². The van der Waals surface area contributed by atoms with Gasteiger partial charge in [-0.1, -0.05) is 38.4 Å². The molecule has 2 nitrogen and oxygen atoms in total. The van der Waals surface area contributed by atoms with Crippen LogP contribution in [0.2, 0.25) is 5.02 Å². The molecule has 1 aromatic carbocycles. The van der Waals surface area contributed by atoms with Gasteiger partial charge in [0, 0.05) is 0 Å². The van der Waals surface area contributed by atoms with Crippen molar-refractivity contribution >= 4 is 11.6 Å². The van der Waals surface area contributed by atoms with Crippen molar-refractivity contribution in [1.82, 2.24) is 0 Å². The van der Waals surface area contributed by atoms with Gasteiger partial charge < -0.3 is 10.5 Å². The van der Waals surface area contributed by atoms with E-state index in [4.69, 9.17) is 22.1 Å². The fraction of sp³-hybridized carbons (Fsp3) is 0.600. The highest BCUT2D eigenvalue weighted by Gasteiger charge is 2.18. The predicted octanol–water partition coefficient (Wildman–Crippen LogP) is 3.93. The molecule has 1 rings (SSSR count). The molecule has 0 radical (unpaired) electrons. The number of unbranched alkanes of at least 4 members (excludes halogenated alkanes) is 1. The van der Waals surface area contributed by atoms with Gasteiger partial charge in [-0.2, -0.15) is 0 Å². The van der Waals surface area contributed by atoms with Gasteiger partial charge >= 0.3 is 0 Å². The Morgan fingerprint density at radius 3 is 2.39 bits per heavy atom. The zero-order valence-electron chi connectivity index (χ0n) is 11.8. The molecule has 0 aliphatic carbocycles. The highest BCUT2D eigenvalue weighted by molar-refractivity contribution is 6.32. The Labute approximate surface area is 115 Å². The molecule has 0 bridgehead atoms. The SMILES string of the molecule is COc1c(Cl)cc(C(C)(C)C)cc1CCCCN. The summed E-state index contributed by atoms with van der Waals surface area (Å²) in [5, 5.41) is 0.702. The first-order valence-corrected chi connectivity index (χ1v) is 6.85. The summed E-state index contributed by atoms with van der Waals surface area (Å²) in [4.78, 5) is 0. The summed E-state index contributed by atoms with van der Waals surface area (Å²) in [6, 6.07) is 4.22. The second-order valence-electron chi connectivity index (χ2n) is 5.65. The van der Waals surface area contributed by atoms with Gasteiger partial charge in [0.2, 0.25) is 0 Å². The minimum absolute atomic E-state index is 0.0958. The highest BCUT2D eigenvalue weighted by atomic mass is 35.5. The lowest BCUT2D eigenvalue weighted by Crippen LogP contribution is -2.12. The van der Waals surface area contributed by atoms with Crippen LogP contribution in [0.25, 0.3) is 0 Å². The molecule has 102 valence electrons. The van der Waals surface area contributed by atoms with Crippen molar-refractivity contribution in [3.8, 4) is 5.75 Å². The molecular weight excluding hydrogens is 246 g/mol. The van der Waals surface area contributed by atoms with Crippen LogP contribution in [0.1, 0.15) is 44.7 Å². The Kier molecular flexibility index (Phi) is 5.48. The third kappa shape index (κ3) is 3.89. The molecular formula is C15H24ClNO. The largest absolute Gasteiger partial charge is 0.495 e. The summed E-state index contributed by atoms with van der Waals surface area (Å²) in [6.45, 7) is 7.30. The number of methoxy groups -OCH3 is 1. The molecule has 18 heavy (non-hydrogen) atoms. The zero-order chi connectivity index (χ0) is 13.8. The number of ether oxygens (including phenoxy) is 1. The molecule has 2 N–H and O–H groups in total. The lowest BCUT2D eigenvalue weighted by Gasteiger charge is -2.22. The maximum absolute atomic E-state index is 6.30. The number of hydrogen-bond donors (Lipinski definition) is 1. The molecule has 0 amide bonds. The number of nitrogens with two attached hydrogens (primary N) is 1. The Bertz CT molecular complexity index is 396. The summed E-state index contributed by atoms with van der Waals surface area (Å²) >= 11 is 6.30. The summed E-state index contributed by atoms with van der Waals surface area (Å²) in [5.74, 6) is 0.807. The van der Waals surface area contributed by atoms with Crippen LogP contribution < -0.4 is 10.5 Å². The lowest BCUT2D eigenvalue weighted by molar-refractivity contribution is 0.408. The molecule has 0 unspecified atom stereocenters. The highest BCUT2D eigenvalue weighted by Crippen LogP contribution is 2.35. The molecule has 0 fully saturated rings. The van der Waals surface area contributed by atoms with Gasteiger partial charge in [0.1, 0.15) is 5.75 Å². The van der Waals surface area contributed by atoms with Crippen LogP contribution in [0.15, 0.2) is 12.1 Å². The number of hydrogen-bond acceptors (Lipinski definition) is 2. The molecule has 0 saturated carbocycles. The predicted molar refractivity (Wildman–Crippen MR) is 78.7 cm³/mol. The van der Waals surface area contributed by atoms with Crippen LogP contribution in [0.3, 0.4) is 0 Å². The van der Waals surface area contributed by atoms with E-state index in [2.05, 4.69) is 26.8 Å². The molecule has 3 heteroatoms. The Balaban J connectivity index is 3.07. The molecule has 0 heterocycles. The molecule has 0 aliphatic heterocycles. The third-order valence-corrected chi connectivity index (χ3v) is 3.37. The quantitative estimate of drug-likeness (QED) is 0.822. The van der Waals surface area contributed by atoms with E-state index in [1.807, 2.05) is 6.07 Å². The van der Waals surface area contributed by atoms with Gasteiger partial charge in [-0.3, -0.25) is 0 Å². The van der Waals surface area contributed by atoms with Crippen LogP contribution >= 0.6 is 11.6 Å². The van der Waals surface area contributed by atoms with Crippen LogP contribution in [0.5, 0.6) is 5.75 Å². The van der Waals surface area contributed by atoms with E-state index in [1.165, 1.54) is 11.1 Å². The van der Waals surface area contributed by atoms with Crippen LogP contribution in [0.4, 0.5) is 0 Å². The Morgan fingerprint density at radius 1 is 1.22 bits per heavy atom. The summed E-state index contributed by atoms with van der Waals surface area (Å²) in [7, 11) is 1.67. The maximum Gasteiger partial charge on any atom is 0.140 e. The molecule has 0 atom stereocenters. The van der Waals surface area contributed by atoms with Crippen molar-refractivity contribution in [3.05, 3.63) is 28.3 Å². The van der Waals surface area contributed by atoms with Crippen molar-refractivity contribution in [2.45, 2.75) is 45.4 Å². The molecule has 0 saturated heterocycles. The van der Waals surface area contributed by atoms with E-state index in [9.17, 15) is 0 Å². The van der Waals surface area contributed by atoms with Crippen LogP contribution in [-0.2, 0) is 11.8 Å². The topological polar surface area (TPSA) is 35.2 Å².